The lowest BCUT2D eigenvalue weighted by atomic mass is 9.96. The van der Waals surface area contributed by atoms with Crippen LogP contribution in [0, 0.1) is 19.7 Å². The van der Waals surface area contributed by atoms with Crippen LogP contribution in [-0.4, -0.2) is 38.2 Å². The molecule has 8 heteroatoms. The number of hydrogen-bond acceptors (Lipinski definition) is 6. The van der Waals surface area contributed by atoms with Crippen molar-refractivity contribution in [1.29, 1.82) is 0 Å². The minimum Gasteiger partial charge on any atom is -0.503 e. The number of aliphatic hydroxyl groups excluding tert-OH is 1. The first kappa shape index (κ1) is 20.9. The number of ketones is 1. The number of halogens is 1. The van der Waals surface area contributed by atoms with E-state index < -0.39 is 23.5 Å². The zero-order valence-electron chi connectivity index (χ0n) is 17.0. The maximum atomic E-state index is 13.4. The van der Waals surface area contributed by atoms with Gasteiger partial charge < -0.3 is 10.0 Å². The van der Waals surface area contributed by atoms with E-state index in [1.54, 1.807) is 50.5 Å². The Labute approximate surface area is 182 Å². The molecular weight excluding hydrogens is 417 g/mol. The summed E-state index contributed by atoms with van der Waals surface area (Å²) in [7, 11) is 0. The number of Topliss-reactive ketones (excluding diaryl/α,β-unsaturated/α-hetero) is 1. The van der Waals surface area contributed by atoms with E-state index in [0.717, 1.165) is 10.6 Å². The van der Waals surface area contributed by atoms with Gasteiger partial charge >= 0.3 is 0 Å². The molecule has 3 heterocycles. The fourth-order valence-corrected chi connectivity index (χ4v) is 4.64. The van der Waals surface area contributed by atoms with Crippen molar-refractivity contribution < 1.29 is 19.1 Å². The molecule has 158 valence electrons. The van der Waals surface area contributed by atoms with Crippen LogP contribution in [-0.2, 0) is 11.2 Å². The fourth-order valence-electron chi connectivity index (χ4n) is 3.77. The summed E-state index contributed by atoms with van der Waals surface area (Å²) >= 11 is 1.24. The Bertz CT molecular complexity index is 1170. The lowest BCUT2D eigenvalue weighted by Gasteiger charge is -2.26. The van der Waals surface area contributed by atoms with Gasteiger partial charge in [-0.2, -0.15) is 0 Å². The maximum absolute atomic E-state index is 13.4. The van der Waals surface area contributed by atoms with Gasteiger partial charge in [-0.3, -0.25) is 14.6 Å². The van der Waals surface area contributed by atoms with Gasteiger partial charge in [-0.25, -0.2) is 9.37 Å². The number of aromatic nitrogens is 2. The van der Waals surface area contributed by atoms with Gasteiger partial charge in [0.15, 0.2) is 5.76 Å². The van der Waals surface area contributed by atoms with Crippen molar-refractivity contribution in [2.24, 2.45) is 0 Å². The van der Waals surface area contributed by atoms with Crippen molar-refractivity contribution in [2.75, 3.05) is 6.54 Å². The molecule has 3 aromatic rings. The van der Waals surface area contributed by atoms with Crippen molar-refractivity contribution in [1.82, 2.24) is 14.9 Å². The van der Waals surface area contributed by atoms with Crippen LogP contribution in [0.3, 0.4) is 0 Å². The average Bonchev–Trinajstić information content (AvgIpc) is 3.23. The Morgan fingerprint density at radius 3 is 2.58 bits per heavy atom. The van der Waals surface area contributed by atoms with Gasteiger partial charge in [0.05, 0.1) is 27.2 Å². The molecule has 0 saturated carbocycles. The third-order valence-corrected chi connectivity index (χ3v) is 6.28. The molecule has 1 atom stereocenters. The third-order valence-electron chi connectivity index (χ3n) is 5.21. The normalized spacial score (nSPS) is 16.3. The number of carbonyl (C=O) groups is 2. The molecule has 0 fully saturated rings. The van der Waals surface area contributed by atoms with Gasteiger partial charge in [-0.05, 0) is 49.6 Å². The minimum absolute atomic E-state index is 0.0313. The van der Waals surface area contributed by atoms with E-state index in [1.165, 1.54) is 28.4 Å². The predicted octanol–water partition coefficient (Wildman–Crippen LogP) is 4.12. The first-order valence-electron chi connectivity index (χ1n) is 9.74. The highest BCUT2D eigenvalue weighted by Crippen LogP contribution is 2.39. The Kier molecular flexibility index (Phi) is 5.65. The predicted molar refractivity (Wildman–Crippen MR) is 114 cm³/mol. The molecule has 1 N–H and O–H groups in total. The summed E-state index contributed by atoms with van der Waals surface area (Å²) < 4.78 is 13.2. The summed E-state index contributed by atoms with van der Waals surface area (Å²) in [5, 5.41) is 11.4. The van der Waals surface area contributed by atoms with E-state index in [4.69, 9.17) is 0 Å². The van der Waals surface area contributed by atoms with E-state index in [1.807, 2.05) is 0 Å². The number of carbonyl (C=O) groups excluding carboxylic acids is 2. The topological polar surface area (TPSA) is 83.4 Å². The molecule has 1 unspecified atom stereocenters. The van der Waals surface area contributed by atoms with E-state index in [9.17, 15) is 19.1 Å². The Balaban J connectivity index is 1.71. The van der Waals surface area contributed by atoms with E-state index >= 15 is 0 Å². The van der Waals surface area contributed by atoms with Gasteiger partial charge in [0.1, 0.15) is 5.82 Å². The molecule has 4 rings (SSSR count). The van der Waals surface area contributed by atoms with Gasteiger partial charge in [0.2, 0.25) is 5.78 Å². The second-order valence-electron chi connectivity index (χ2n) is 7.30. The molecule has 1 aromatic carbocycles. The van der Waals surface area contributed by atoms with Crippen molar-refractivity contribution >= 4 is 23.0 Å². The van der Waals surface area contributed by atoms with E-state index in [2.05, 4.69) is 9.97 Å². The molecule has 2 aromatic heterocycles. The second-order valence-corrected chi connectivity index (χ2v) is 8.51. The SMILES string of the molecule is Cc1nc(C)c(C(=O)C2=C(O)C(=O)N(CCc3ccc(F)cc3)C2c2cccnc2)s1. The zero-order valence-corrected chi connectivity index (χ0v) is 17.8. The molecule has 0 bridgehead atoms. The smallest absolute Gasteiger partial charge is 0.290 e. The van der Waals surface area contributed by atoms with E-state index in [-0.39, 0.29) is 17.9 Å². The molecular formula is C23H20FN3O3S. The number of amides is 1. The molecule has 0 aliphatic carbocycles. The number of pyridine rings is 1. The van der Waals surface area contributed by atoms with Gasteiger partial charge in [-0.1, -0.05) is 18.2 Å². The number of hydrogen-bond donors (Lipinski definition) is 1. The average molecular weight is 437 g/mol. The molecule has 1 aliphatic heterocycles. The first-order chi connectivity index (χ1) is 14.9. The molecule has 0 saturated heterocycles. The van der Waals surface area contributed by atoms with Crippen LogP contribution in [0.15, 0.2) is 60.1 Å². The summed E-state index contributed by atoms with van der Waals surface area (Å²) in [6, 6.07) is 8.74. The van der Waals surface area contributed by atoms with Gasteiger partial charge in [0, 0.05) is 18.9 Å². The minimum atomic E-state index is -0.768. The number of rotatable bonds is 6. The van der Waals surface area contributed by atoms with Crippen LogP contribution in [0.1, 0.15) is 37.5 Å². The second kappa shape index (κ2) is 8.39. The number of thiazole rings is 1. The number of aryl methyl sites for hydroxylation is 2. The highest BCUT2D eigenvalue weighted by Gasteiger charge is 2.44. The first-order valence-corrected chi connectivity index (χ1v) is 10.6. The Hall–Kier alpha value is -3.39. The van der Waals surface area contributed by atoms with E-state index in [0.29, 0.717) is 22.6 Å². The number of benzene rings is 1. The number of aliphatic hydroxyl groups is 1. The lowest BCUT2D eigenvalue weighted by molar-refractivity contribution is -0.129. The quantitative estimate of drug-likeness (QED) is 0.587. The van der Waals surface area contributed by atoms with Crippen LogP contribution >= 0.6 is 11.3 Å². The summed E-state index contributed by atoms with van der Waals surface area (Å²) in [6.45, 7) is 3.78. The summed E-state index contributed by atoms with van der Waals surface area (Å²) in [5.41, 5.74) is 2.06. The largest absolute Gasteiger partial charge is 0.503 e. The van der Waals surface area contributed by atoms with Crippen LogP contribution in [0.2, 0.25) is 0 Å². The lowest BCUT2D eigenvalue weighted by Crippen LogP contribution is -2.33. The molecule has 0 spiro atoms. The van der Waals surface area contributed by atoms with Crippen molar-refractivity contribution in [3.8, 4) is 0 Å². The molecule has 6 nitrogen and oxygen atoms in total. The van der Waals surface area contributed by atoms with Crippen molar-refractivity contribution in [2.45, 2.75) is 26.3 Å². The van der Waals surface area contributed by atoms with Crippen LogP contribution in [0.25, 0.3) is 0 Å². The van der Waals surface area contributed by atoms with Crippen LogP contribution in [0.5, 0.6) is 0 Å². The Morgan fingerprint density at radius 2 is 1.97 bits per heavy atom. The van der Waals surface area contributed by atoms with Crippen LogP contribution in [0.4, 0.5) is 4.39 Å². The maximum Gasteiger partial charge on any atom is 0.290 e. The van der Waals surface area contributed by atoms with Gasteiger partial charge in [0.25, 0.3) is 5.91 Å². The van der Waals surface area contributed by atoms with Crippen LogP contribution < -0.4 is 0 Å². The monoisotopic (exact) mass is 437 g/mol. The standard InChI is InChI=1S/C23H20FN3O3S/c1-13-22(31-14(2)26-13)20(28)18-19(16-4-3-10-25-12-16)27(23(30)21(18)29)11-9-15-5-7-17(24)8-6-15/h3-8,10,12,19,29H,9,11H2,1-2H3. The fraction of sp³-hybridized carbons (Fsp3) is 0.217. The highest BCUT2D eigenvalue weighted by atomic mass is 32.1. The Morgan fingerprint density at radius 1 is 1.23 bits per heavy atom. The summed E-state index contributed by atoms with van der Waals surface area (Å²) in [4.78, 5) is 36.7. The van der Waals surface area contributed by atoms with Crippen molar-refractivity contribution in [3.63, 3.8) is 0 Å². The molecule has 1 amide bonds. The zero-order chi connectivity index (χ0) is 22.1. The highest BCUT2D eigenvalue weighted by molar-refractivity contribution is 7.14. The summed E-state index contributed by atoms with van der Waals surface area (Å²) in [5.74, 6) is -1.91. The third kappa shape index (κ3) is 3.98. The van der Waals surface area contributed by atoms with Gasteiger partial charge in [-0.15, -0.1) is 11.3 Å². The molecule has 0 radical (unpaired) electrons. The molecule has 31 heavy (non-hydrogen) atoms. The van der Waals surface area contributed by atoms with Crippen molar-refractivity contribution in [3.05, 3.63) is 92.6 Å². The molecule has 1 aliphatic rings. The summed E-state index contributed by atoms with van der Waals surface area (Å²) in [6.07, 6.45) is 3.63. The number of nitrogens with zero attached hydrogens (tertiary/aromatic N) is 3.